The summed E-state index contributed by atoms with van der Waals surface area (Å²) in [7, 11) is 1.38. The highest BCUT2D eigenvalue weighted by Crippen LogP contribution is 2.31. The number of unbranched alkanes of at least 4 members (excludes halogenated alkanes) is 4. The summed E-state index contributed by atoms with van der Waals surface area (Å²) in [6.45, 7) is 3.43. The van der Waals surface area contributed by atoms with Crippen LogP contribution in [-0.2, 0) is 20.8 Å². The first-order valence-electron chi connectivity index (χ1n) is 14.4. The molecular formula is C33H45NO6. The van der Waals surface area contributed by atoms with E-state index >= 15 is 0 Å². The van der Waals surface area contributed by atoms with Gasteiger partial charge < -0.3 is 24.8 Å². The molecular weight excluding hydrogens is 506 g/mol. The van der Waals surface area contributed by atoms with Crippen LogP contribution in [0.5, 0.6) is 5.75 Å². The predicted octanol–water partition coefficient (Wildman–Crippen LogP) is 5.84. The highest BCUT2D eigenvalue weighted by molar-refractivity contribution is 5.92. The van der Waals surface area contributed by atoms with Gasteiger partial charge in [0.2, 0.25) is 0 Å². The van der Waals surface area contributed by atoms with Crippen LogP contribution >= 0.6 is 0 Å². The van der Waals surface area contributed by atoms with Crippen molar-refractivity contribution < 1.29 is 29.1 Å². The zero-order valence-corrected chi connectivity index (χ0v) is 23.8. The summed E-state index contributed by atoms with van der Waals surface area (Å²) in [4.78, 5) is 22.3. The number of benzene rings is 2. The van der Waals surface area contributed by atoms with Gasteiger partial charge in [-0.15, -0.1) is 0 Å². The number of rotatable bonds is 20. The maximum atomic E-state index is 12.6. The van der Waals surface area contributed by atoms with E-state index in [1.54, 1.807) is 24.3 Å². The first-order chi connectivity index (χ1) is 19.7. The maximum absolute atomic E-state index is 12.6. The highest BCUT2D eigenvalue weighted by Gasteiger charge is 2.29. The Morgan fingerprint density at radius 1 is 0.950 bits per heavy atom. The normalized spacial score (nSPS) is 16.5. The van der Waals surface area contributed by atoms with Crippen molar-refractivity contribution in [2.24, 2.45) is 5.41 Å². The van der Waals surface area contributed by atoms with E-state index in [4.69, 9.17) is 19.2 Å². The number of aryl methyl sites for hydroxylation is 1. The van der Waals surface area contributed by atoms with Crippen molar-refractivity contribution in [3.05, 3.63) is 89.5 Å². The Balaban J connectivity index is 1.23. The van der Waals surface area contributed by atoms with Gasteiger partial charge in [-0.05, 0) is 68.3 Å². The SMILES string of the molecule is COOc1ccccc1C(=O)OCC1=CC=CC(CO)(CNCCCCCCOCCCCc2ccccc2)C1. The third-order valence-corrected chi connectivity index (χ3v) is 7.06. The van der Waals surface area contributed by atoms with Gasteiger partial charge in [0.15, 0.2) is 5.75 Å². The molecule has 0 amide bonds. The van der Waals surface area contributed by atoms with Crippen LogP contribution in [-0.4, -0.2) is 57.7 Å². The van der Waals surface area contributed by atoms with Gasteiger partial charge in [-0.1, -0.05) is 73.5 Å². The molecule has 1 aliphatic rings. The molecule has 40 heavy (non-hydrogen) atoms. The minimum Gasteiger partial charge on any atom is -0.457 e. The second-order valence-corrected chi connectivity index (χ2v) is 10.3. The van der Waals surface area contributed by atoms with E-state index in [-0.39, 0.29) is 13.2 Å². The molecule has 0 aromatic heterocycles. The average molecular weight is 552 g/mol. The van der Waals surface area contributed by atoms with E-state index in [1.807, 2.05) is 18.2 Å². The van der Waals surface area contributed by atoms with E-state index in [2.05, 4.69) is 35.6 Å². The minimum absolute atomic E-state index is 0.0228. The van der Waals surface area contributed by atoms with Gasteiger partial charge in [-0.3, -0.25) is 0 Å². The molecule has 1 aliphatic carbocycles. The molecule has 0 heterocycles. The number of aliphatic hydroxyl groups excluding tert-OH is 1. The molecule has 2 aromatic carbocycles. The Morgan fingerprint density at radius 2 is 1.70 bits per heavy atom. The first kappa shape index (κ1) is 31.6. The van der Waals surface area contributed by atoms with Crippen molar-refractivity contribution in [1.29, 1.82) is 0 Å². The number of aliphatic hydroxyl groups is 1. The molecule has 2 N–H and O–H groups in total. The quantitative estimate of drug-likeness (QED) is 0.0926. The van der Waals surface area contributed by atoms with Crippen LogP contribution in [0.4, 0.5) is 0 Å². The second-order valence-electron chi connectivity index (χ2n) is 10.3. The molecule has 2 aromatic rings. The van der Waals surface area contributed by atoms with Crippen molar-refractivity contribution >= 4 is 5.97 Å². The lowest BCUT2D eigenvalue weighted by atomic mass is 9.79. The predicted molar refractivity (Wildman–Crippen MR) is 157 cm³/mol. The zero-order chi connectivity index (χ0) is 28.3. The van der Waals surface area contributed by atoms with E-state index in [9.17, 15) is 9.90 Å². The molecule has 0 aliphatic heterocycles. The number of nitrogens with one attached hydrogen (secondary N) is 1. The van der Waals surface area contributed by atoms with Crippen LogP contribution in [0.3, 0.4) is 0 Å². The van der Waals surface area contributed by atoms with Gasteiger partial charge in [0, 0.05) is 25.2 Å². The third-order valence-electron chi connectivity index (χ3n) is 7.06. The lowest BCUT2D eigenvalue weighted by Gasteiger charge is -2.32. The summed E-state index contributed by atoms with van der Waals surface area (Å²) in [6.07, 6.45) is 14.5. The first-order valence-corrected chi connectivity index (χ1v) is 14.4. The molecule has 218 valence electrons. The molecule has 7 nitrogen and oxygen atoms in total. The van der Waals surface area contributed by atoms with Crippen LogP contribution in [0, 0.1) is 5.41 Å². The molecule has 0 saturated heterocycles. The summed E-state index contributed by atoms with van der Waals surface area (Å²) < 4.78 is 11.3. The topological polar surface area (TPSA) is 86.3 Å². The Hall–Kier alpha value is -2.97. The average Bonchev–Trinajstić information content (AvgIpc) is 2.99. The molecule has 0 spiro atoms. The van der Waals surface area contributed by atoms with E-state index < -0.39 is 11.4 Å². The Bertz CT molecular complexity index is 1050. The van der Waals surface area contributed by atoms with Crippen molar-refractivity contribution in [3.63, 3.8) is 0 Å². The molecule has 0 bridgehead atoms. The number of hydrogen-bond acceptors (Lipinski definition) is 7. The van der Waals surface area contributed by atoms with Crippen LogP contribution < -0.4 is 10.2 Å². The molecule has 3 rings (SSSR count). The zero-order valence-electron chi connectivity index (χ0n) is 23.8. The number of esters is 1. The van der Waals surface area contributed by atoms with Crippen LogP contribution in [0.25, 0.3) is 0 Å². The van der Waals surface area contributed by atoms with E-state index in [1.165, 1.54) is 19.1 Å². The fourth-order valence-electron chi connectivity index (χ4n) is 4.80. The van der Waals surface area contributed by atoms with Gasteiger partial charge in [-0.2, -0.15) is 4.89 Å². The number of carbonyl (C=O) groups is 1. The summed E-state index contributed by atoms with van der Waals surface area (Å²) in [5, 5.41) is 13.7. The largest absolute Gasteiger partial charge is 0.457 e. The highest BCUT2D eigenvalue weighted by atomic mass is 17.2. The maximum Gasteiger partial charge on any atom is 0.342 e. The fourth-order valence-corrected chi connectivity index (χ4v) is 4.80. The Kier molecular flexibility index (Phi) is 14.5. The smallest absolute Gasteiger partial charge is 0.342 e. The van der Waals surface area contributed by atoms with Crippen molar-refractivity contribution in [2.75, 3.05) is 46.6 Å². The standard InChI is InChI=1S/C33H45NO6/c1-37-40-31-19-8-7-18-30(31)32(36)39-25-29-17-13-20-33(24-29,27-35)26-34-21-10-2-3-11-22-38-23-12-9-16-28-14-5-4-6-15-28/h4-8,13-15,17-20,34-35H,2-3,9-12,16,21-27H2,1H3. The summed E-state index contributed by atoms with van der Waals surface area (Å²) in [5.41, 5.74) is 2.26. The van der Waals surface area contributed by atoms with Crippen molar-refractivity contribution in [3.8, 4) is 5.75 Å². The summed E-state index contributed by atoms with van der Waals surface area (Å²) in [6, 6.07) is 17.4. The van der Waals surface area contributed by atoms with E-state index in [0.717, 1.165) is 63.9 Å². The molecule has 0 radical (unpaired) electrons. The van der Waals surface area contributed by atoms with E-state index in [0.29, 0.717) is 24.3 Å². The lowest BCUT2D eigenvalue weighted by molar-refractivity contribution is -0.178. The monoisotopic (exact) mass is 551 g/mol. The molecule has 1 unspecified atom stereocenters. The van der Waals surface area contributed by atoms with Gasteiger partial charge in [0.25, 0.3) is 0 Å². The minimum atomic E-state index is -0.482. The molecule has 1 atom stereocenters. The lowest BCUT2D eigenvalue weighted by Crippen LogP contribution is -2.38. The number of ether oxygens (including phenoxy) is 2. The molecule has 0 saturated carbocycles. The van der Waals surface area contributed by atoms with Gasteiger partial charge in [0.05, 0.1) is 13.7 Å². The number of para-hydroxylation sites is 1. The molecule has 7 heteroatoms. The van der Waals surface area contributed by atoms with Gasteiger partial charge in [0.1, 0.15) is 12.2 Å². The van der Waals surface area contributed by atoms with Crippen LogP contribution in [0.1, 0.15) is 60.9 Å². The van der Waals surface area contributed by atoms with Crippen LogP contribution in [0.2, 0.25) is 0 Å². The fraction of sp³-hybridized carbons (Fsp3) is 0.485. The Morgan fingerprint density at radius 3 is 2.50 bits per heavy atom. The summed E-state index contributed by atoms with van der Waals surface area (Å²) >= 11 is 0. The third kappa shape index (κ3) is 11.3. The number of hydrogen-bond donors (Lipinski definition) is 2. The number of carbonyl (C=O) groups excluding carboxylic acids is 1. The Labute approximate surface area is 239 Å². The van der Waals surface area contributed by atoms with Crippen LogP contribution in [0.15, 0.2) is 78.4 Å². The number of allylic oxidation sites excluding steroid dienone is 2. The second kappa shape index (κ2) is 18.4. The summed E-state index contributed by atoms with van der Waals surface area (Å²) in [5.74, 6) is -0.173. The van der Waals surface area contributed by atoms with Crippen molar-refractivity contribution in [2.45, 2.75) is 51.4 Å². The van der Waals surface area contributed by atoms with Gasteiger partial charge in [-0.25, -0.2) is 4.79 Å². The molecule has 0 fully saturated rings. The van der Waals surface area contributed by atoms with Crippen molar-refractivity contribution in [1.82, 2.24) is 5.32 Å². The van der Waals surface area contributed by atoms with Gasteiger partial charge >= 0.3 is 5.97 Å².